The molecule has 6 heteroatoms. The number of rotatable bonds is 2. The fourth-order valence-corrected chi connectivity index (χ4v) is 2.51. The van der Waals surface area contributed by atoms with Gasteiger partial charge in [-0.1, -0.05) is 0 Å². The van der Waals surface area contributed by atoms with Crippen LogP contribution in [-0.2, 0) is 13.0 Å². The molecule has 2 aromatic heterocycles. The zero-order valence-corrected chi connectivity index (χ0v) is 11.5. The average Bonchev–Trinajstić information content (AvgIpc) is 2.47. The first-order chi connectivity index (χ1) is 9.69. The Bertz CT molecular complexity index is 696. The molecule has 0 fully saturated rings. The summed E-state index contributed by atoms with van der Waals surface area (Å²) in [5.41, 5.74) is 3.56. The summed E-state index contributed by atoms with van der Waals surface area (Å²) in [6, 6.07) is 2.03. The number of nitrogens with one attached hydrogen (secondary N) is 1. The number of anilines is 1. The van der Waals surface area contributed by atoms with Crippen LogP contribution >= 0.6 is 0 Å². The van der Waals surface area contributed by atoms with Crippen molar-refractivity contribution in [2.45, 2.75) is 19.9 Å². The summed E-state index contributed by atoms with van der Waals surface area (Å²) in [6.45, 7) is 3.35. The molecule has 0 amide bonds. The van der Waals surface area contributed by atoms with Gasteiger partial charge in [0.2, 0.25) is 5.88 Å². The number of aromatic nitrogens is 3. The molecule has 3 heterocycles. The lowest BCUT2D eigenvalue weighted by molar-refractivity contribution is 0.394. The monoisotopic (exact) mass is 272 g/mol. The summed E-state index contributed by atoms with van der Waals surface area (Å²) in [4.78, 5) is 25.1. The highest BCUT2D eigenvalue weighted by molar-refractivity contribution is 5.50. The van der Waals surface area contributed by atoms with E-state index < -0.39 is 0 Å². The van der Waals surface area contributed by atoms with E-state index in [0.717, 1.165) is 35.5 Å². The Morgan fingerprint density at radius 3 is 3.00 bits per heavy atom. The molecule has 0 spiro atoms. The molecule has 1 aliphatic rings. The van der Waals surface area contributed by atoms with E-state index in [2.05, 4.69) is 19.9 Å². The lowest BCUT2D eigenvalue weighted by atomic mass is 10.1. The number of ether oxygens (including phenoxy) is 1. The smallest absolute Gasteiger partial charge is 0.255 e. The van der Waals surface area contributed by atoms with Crippen molar-refractivity contribution in [3.8, 4) is 5.88 Å². The second-order valence-electron chi connectivity index (χ2n) is 4.85. The minimum Gasteiger partial charge on any atom is -0.481 e. The van der Waals surface area contributed by atoms with Crippen LogP contribution in [0, 0.1) is 6.92 Å². The summed E-state index contributed by atoms with van der Waals surface area (Å²) in [6.07, 6.45) is 4.02. The van der Waals surface area contributed by atoms with E-state index in [1.54, 1.807) is 13.3 Å². The normalized spacial score (nSPS) is 14.0. The Labute approximate surface area is 116 Å². The second kappa shape index (κ2) is 4.96. The molecule has 2 aromatic rings. The summed E-state index contributed by atoms with van der Waals surface area (Å²) >= 11 is 0. The Morgan fingerprint density at radius 1 is 1.40 bits per heavy atom. The molecule has 0 radical (unpaired) electrons. The van der Waals surface area contributed by atoms with Crippen LogP contribution in [0.3, 0.4) is 0 Å². The third-order valence-corrected chi connectivity index (χ3v) is 3.58. The van der Waals surface area contributed by atoms with Gasteiger partial charge in [-0.2, -0.15) is 0 Å². The molecule has 1 N–H and O–H groups in total. The summed E-state index contributed by atoms with van der Waals surface area (Å²) in [7, 11) is 1.61. The Hall–Kier alpha value is -2.37. The van der Waals surface area contributed by atoms with Crippen LogP contribution in [0.25, 0.3) is 0 Å². The van der Waals surface area contributed by atoms with Crippen molar-refractivity contribution in [1.82, 2.24) is 15.0 Å². The van der Waals surface area contributed by atoms with Crippen molar-refractivity contribution >= 4 is 5.69 Å². The van der Waals surface area contributed by atoms with Crippen molar-refractivity contribution < 1.29 is 4.74 Å². The van der Waals surface area contributed by atoms with Gasteiger partial charge in [0.15, 0.2) is 0 Å². The van der Waals surface area contributed by atoms with E-state index in [1.807, 2.05) is 13.0 Å². The maximum absolute atomic E-state index is 11.9. The molecular weight excluding hydrogens is 256 g/mol. The van der Waals surface area contributed by atoms with Crippen LogP contribution in [-0.4, -0.2) is 28.6 Å². The van der Waals surface area contributed by atoms with Crippen LogP contribution < -0.4 is 15.2 Å². The van der Waals surface area contributed by atoms with Gasteiger partial charge in [-0.3, -0.25) is 4.79 Å². The topological polar surface area (TPSA) is 71.1 Å². The first kappa shape index (κ1) is 12.7. The standard InChI is InChI=1S/C14H16N4O2/c1-9-5-10(6-15-14(9)20-2)18-4-3-12-11(7-18)13(19)17-8-16-12/h5-6,8H,3-4,7H2,1-2H3,(H,16,17,19). The minimum absolute atomic E-state index is 0.0575. The number of nitrogens with zero attached hydrogens (tertiary/aromatic N) is 3. The van der Waals surface area contributed by atoms with Gasteiger partial charge in [0, 0.05) is 18.5 Å². The highest BCUT2D eigenvalue weighted by Crippen LogP contribution is 2.24. The third-order valence-electron chi connectivity index (χ3n) is 3.58. The number of aromatic amines is 1. The van der Waals surface area contributed by atoms with Gasteiger partial charge in [0.05, 0.1) is 43.1 Å². The van der Waals surface area contributed by atoms with Crippen LogP contribution in [0.4, 0.5) is 5.69 Å². The van der Waals surface area contributed by atoms with Crippen molar-refractivity contribution in [3.05, 3.63) is 45.8 Å². The van der Waals surface area contributed by atoms with Gasteiger partial charge in [-0.05, 0) is 13.0 Å². The van der Waals surface area contributed by atoms with Crippen LogP contribution in [0.2, 0.25) is 0 Å². The average molecular weight is 272 g/mol. The van der Waals surface area contributed by atoms with Gasteiger partial charge in [-0.15, -0.1) is 0 Å². The lowest BCUT2D eigenvalue weighted by Crippen LogP contribution is -2.35. The maximum Gasteiger partial charge on any atom is 0.255 e. The molecule has 1 aliphatic heterocycles. The van der Waals surface area contributed by atoms with Crippen molar-refractivity contribution in [2.75, 3.05) is 18.6 Å². The predicted molar refractivity (Wildman–Crippen MR) is 75.1 cm³/mol. The third kappa shape index (κ3) is 2.13. The van der Waals surface area contributed by atoms with Crippen molar-refractivity contribution in [2.24, 2.45) is 0 Å². The van der Waals surface area contributed by atoms with E-state index >= 15 is 0 Å². The van der Waals surface area contributed by atoms with E-state index in [-0.39, 0.29) is 5.56 Å². The van der Waals surface area contributed by atoms with Crippen molar-refractivity contribution in [1.29, 1.82) is 0 Å². The molecular formula is C14H16N4O2. The zero-order chi connectivity index (χ0) is 14.1. The molecule has 0 bridgehead atoms. The van der Waals surface area contributed by atoms with Crippen LogP contribution in [0.5, 0.6) is 5.88 Å². The highest BCUT2D eigenvalue weighted by Gasteiger charge is 2.20. The predicted octanol–water partition coefficient (Wildman–Crippen LogP) is 1.04. The van der Waals surface area contributed by atoms with Gasteiger partial charge >= 0.3 is 0 Å². The molecule has 0 aliphatic carbocycles. The molecule has 0 saturated carbocycles. The van der Waals surface area contributed by atoms with Gasteiger partial charge in [0.25, 0.3) is 5.56 Å². The Kier molecular flexibility index (Phi) is 3.14. The quantitative estimate of drug-likeness (QED) is 0.884. The zero-order valence-electron chi connectivity index (χ0n) is 11.5. The maximum atomic E-state index is 11.9. The summed E-state index contributed by atoms with van der Waals surface area (Å²) in [5.74, 6) is 0.630. The molecule has 0 atom stereocenters. The fraction of sp³-hybridized carbons (Fsp3) is 0.357. The van der Waals surface area contributed by atoms with E-state index in [0.29, 0.717) is 12.4 Å². The SMILES string of the molecule is COc1ncc(N2CCc3nc[nH]c(=O)c3C2)cc1C. The Balaban J connectivity index is 1.92. The number of aryl methyl sites for hydroxylation is 1. The molecule has 6 nitrogen and oxygen atoms in total. The largest absolute Gasteiger partial charge is 0.481 e. The fourth-order valence-electron chi connectivity index (χ4n) is 2.51. The molecule has 20 heavy (non-hydrogen) atoms. The summed E-state index contributed by atoms with van der Waals surface area (Å²) < 4.78 is 5.17. The van der Waals surface area contributed by atoms with E-state index in [1.165, 1.54) is 6.33 Å². The number of H-pyrrole nitrogens is 1. The highest BCUT2D eigenvalue weighted by atomic mass is 16.5. The second-order valence-corrected chi connectivity index (χ2v) is 4.85. The lowest BCUT2D eigenvalue weighted by Gasteiger charge is -2.29. The Morgan fingerprint density at radius 2 is 2.25 bits per heavy atom. The van der Waals surface area contributed by atoms with Gasteiger partial charge in [-0.25, -0.2) is 9.97 Å². The van der Waals surface area contributed by atoms with Crippen LogP contribution in [0.1, 0.15) is 16.8 Å². The van der Waals surface area contributed by atoms with Crippen LogP contribution in [0.15, 0.2) is 23.4 Å². The molecule has 0 aromatic carbocycles. The number of methoxy groups -OCH3 is 1. The number of pyridine rings is 1. The van der Waals surface area contributed by atoms with Gasteiger partial charge < -0.3 is 14.6 Å². The number of hydrogen-bond donors (Lipinski definition) is 1. The minimum atomic E-state index is -0.0575. The van der Waals surface area contributed by atoms with Gasteiger partial charge in [0.1, 0.15) is 0 Å². The molecule has 0 unspecified atom stereocenters. The van der Waals surface area contributed by atoms with E-state index in [4.69, 9.17) is 4.74 Å². The first-order valence-electron chi connectivity index (χ1n) is 6.50. The molecule has 104 valence electrons. The summed E-state index contributed by atoms with van der Waals surface area (Å²) in [5, 5.41) is 0. The van der Waals surface area contributed by atoms with E-state index in [9.17, 15) is 4.79 Å². The molecule has 3 rings (SSSR count). The number of hydrogen-bond acceptors (Lipinski definition) is 5. The first-order valence-corrected chi connectivity index (χ1v) is 6.50. The van der Waals surface area contributed by atoms with Crippen molar-refractivity contribution in [3.63, 3.8) is 0 Å². The number of fused-ring (bicyclic) bond motifs is 1. The molecule has 0 saturated heterocycles.